The summed E-state index contributed by atoms with van der Waals surface area (Å²) < 4.78 is 0. The molecule has 1 saturated heterocycles. The van der Waals surface area contributed by atoms with Crippen molar-refractivity contribution >= 4 is 12.0 Å². The van der Waals surface area contributed by atoms with Crippen molar-refractivity contribution in [1.29, 1.82) is 0 Å². The summed E-state index contributed by atoms with van der Waals surface area (Å²) in [5, 5.41) is 17.7. The van der Waals surface area contributed by atoms with E-state index in [1.165, 1.54) is 6.42 Å². The Labute approximate surface area is 125 Å². The third kappa shape index (κ3) is 4.33. The van der Waals surface area contributed by atoms with E-state index >= 15 is 0 Å². The number of aliphatic carboxylic acids is 1. The molecule has 0 spiro atoms. The Morgan fingerprint density at radius 3 is 2.57 bits per heavy atom. The van der Waals surface area contributed by atoms with Crippen LogP contribution in [0.4, 0.5) is 4.79 Å². The number of rotatable bonds is 7. The lowest BCUT2D eigenvalue weighted by atomic mass is 9.91. The summed E-state index contributed by atoms with van der Waals surface area (Å²) in [6, 6.07) is 0.410. The summed E-state index contributed by atoms with van der Waals surface area (Å²) in [6.45, 7) is 2.13. The maximum atomic E-state index is 12.6. The molecule has 0 aromatic heterocycles. The van der Waals surface area contributed by atoms with Gasteiger partial charge in [-0.25, -0.2) is 4.79 Å². The average Bonchev–Trinajstić information content (AvgIpc) is 2.87. The Kier molecular flexibility index (Phi) is 5.85. The van der Waals surface area contributed by atoms with E-state index < -0.39 is 5.97 Å². The molecular formula is C15H26N2O4. The third-order valence-electron chi connectivity index (χ3n) is 4.64. The molecule has 2 N–H and O–H groups in total. The molecule has 0 aromatic carbocycles. The van der Waals surface area contributed by atoms with Gasteiger partial charge in [-0.15, -0.1) is 0 Å². The monoisotopic (exact) mass is 298 g/mol. The molecule has 0 radical (unpaired) electrons. The van der Waals surface area contributed by atoms with Gasteiger partial charge in [0.1, 0.15) is 0 Å². The molecule has 1 saturated carbocycles. The van der Waals surface area contributed by atoms with Crippen molar-refractivity contribution in [1.82, 2.24) is 9.80 Å². The summed E-state index contributed by atoms with van der Waals surface area (Å²) in [6.07, 6.45) is 5.66. The number of carboxylic acid groups (broad SMARTS) is 1. The molecule has 120 valence electrons. The summed E-state index contributed by atoms with van der Waals surface area (Å²) >= 11 is 0. The van der Waals surface area contributed by atoms with Crippen LogP contribution in [0.3, 0.4) is 0 Å². The highest BCUT2D eigenvalue weighted by atomic mass is 16.4. The number of aliphatic hydroxyl groups excluding tert-OH is 1. The van der Waals surface area contributed by atoms with Crippen LogP contribution in [0.25, 0.3) is 0 Å². The number of carbonyl (C=O) groups excluding carboxylic acids is 1. The largest absolute Gasteiger partial charge is 0.481 e. The van der Waals surface area contributed by atoms with E-state index in [1.807, 2.05) is 9.80 Å². The van der Waals surface area contributed by atoms with Crippen LogP contribution in [0.1, 0.15) is 44.9 Å². The zero-order valence-electron chi connectivity index (χ0n) is 12.5. The zero-order valence-corrected chi connectivity index (χ0v) is 12.5. The minimum absolute atomic E-state index is 0.0750. The molecule has 1 unspecified atom stereocenters. The van der Waals surface area contributed by atoms with Gasteiger partial charge in [0.2, 0.25) is 0 Å². The lowest BCUT2D eigenvalue weighted by molar-refractivity contribution is -0.137. The molecular weight excluding hydrogens is 272 g/mol. The zero-order chi connectivity index (χ0) is 15.2. The number of hydrogen-bond donors (Lipinski definition) is 2. The van der Waals surface area contributed by atoms with E-state index in [0.717, 1.165) is 25.8 Å². The molecule has 1 atom stereocenters. The van der Waals surface area contributed by atoms with Crippen LogP contribution in [0.5, 0.6) is 0 Å². The van der Waals surface area contributed by atoms with E-state index in [-0.39, 0.29) is 19.1 Å². The Balaban J connectivity index is 1.84. The highest BCUT2D eigenvalue weighted by Gasteiger charge is 2.34. The normalized spacial score (nSPS) is 22.1. The molecule has 6 heteroatoms. The molecule has 2 rings (SSSR count). The van der Waals surface area contributed by atoms with Gasteiger partial charge in [0.25, 0.3) is 0 Å². The maximum absolute atomic E-state index is 12.6. The van der Waals surface area contributed by atoms with Gasteiger partial charge < -0.3 is 20.0 Å². The van der Waals surface area contributed by atoms with E-state index in [2.05, 4.69) is 0 Å². The first-order valence-electron chi connectivity index (χ1n) is 8.00. The average molecular weight is 298 g/mol. The Hall–Kier alpha value is -1.30. The highest BCUT2D eigenvalue weighted by molar-refractivity contribution is 5.75. The van der Waals surface area contributed by atoms with Crippen molar-refractivity contribution in [2.24, 2.45) is 5.92 Å². The van der Waals surface area contributed by atoms with E-state index in [0.29, 0.717) is 37.9 Å². The minimum atomic E-state index is -0.765. The molecule has 2 fully saturated rings. The molecule has 21 heavy (non-hydrogen) atoms. The maximum Gasteiger partial charge on any atom is 0.320 e. The van der Waals surface area contributed by atoms with Gasteiger partial charge in [0, 0.05) is 38.7 Å². The SMILES string of the molecule is O=C(O)CCC1CCN(C(=O)N(CCCO)C2CCC2)C1. The van der Waals surface area contributed by atoms with Crippen molar-refractivity contribution in [3.63, 3.8) is 0 Å². The number of carbonyl (C=O) groups is 2. The van der Waals surface area contributed by atoms with Crippen molar-refractivity contribution < 1.29 is 19.8 Å². The second kappa shape index (κ2) is 7.64. The Morgan fingerprint density at radius 1 is 1.24 bits per heavy atom. The fraction of sp³-hybridized carbons (Fsp3) is 0.867. The fourth-order valence-electron chi connectivity index (χ4n) is 3.13. The number of amides is 2. The number of hydrogen-bond acceptors (Lipinski definition) is 3. The minimum Gasteiger partial charge on any atom is -0.481 e. The van der Waals surface area contributed by atoms with Gasteiger partial charge in [-0.2, -0.15) is 0 Å². The number of likely N-dealkylation sites (tertiary alicyclic amines) is 1. The second-order valence-corrected chi connectivity index (χ2v) is 6.17. The molecule has 0 bridgehead atoms. The van der Waals surface area contributed by atoms with Crippen LogP contribution in [-0.4, -0.2) is 64.3 Å². The Morgan fingerprint density at radius 2 is 2.00 bits per heavy atom. The van der Waals surface area contributed by atoms with Crippen molar-refractivity contribution in [2.75, 3.05) is 26.2 Å². The number of urea groups is 1. The molecule has 2 aliphatic rings. The number of aliphatic hydroxyl groups is 1. The first-order valence-corrected chi connectivity index (χ1v) is 8.00. The molecule has 1 aliphatic heterocycles. The van der Waals surface area contributed by atoms with Crippen LogP contribution in [0, 0.1) is 5.92 Å². The van der Waals surface area contributed by atoms with Crippen LogP contribution in [0.15, 0.2) is 0 Å². The van der Waals surface area contributed by atoms with Crippen LogP contribution < -0.4 is 0 Å². The van der Waals surface area contributed by atoms with E-state index in [9.17, 15) is 9.59 Å². The van der Waals surface area contributed by atoms with Crippen LogP contribution >= 0.6 is 0 Å². The first kappa shape index (κ1) is 16.1. The summed E-state index contributed by atoms with van der Waals surface area (Å²) in [5.41, 5.74) is 0. The van der Waals surface area contributed by atoms with Gasteiger partial charge >= 0.3 is 12.0 Å². The summed E-state index contributed by atoms with van der Waals surface area (Å²) in [7, 11) is 0. The number of nitrogens with zero attached hydrogens (tertiary/aromatic N) is 2. The van der Waals surface area contributed by atoms with Gasteiger partial charge in [-0.05, 0) is 44.4 Å². The third-order valence-corrected chi connectivity index (χ3v) is 4.64. The summed E-state index contributed by atoms with van der Waals surface area (Å²) in [5.74, 6) is -0.454. The van der Waals surface area contributed by atoms with E-state index in [1.54, 1.807) is 0 Å². The first-order chi connectivity index (χ1) is 10.1. The smallest absolute Gasteiger partial charge is 0.320 e. The second-order valence-electron chi connectivity index (χ2n) is 6.17. The standard InChI is InChI=1S/C15H26N2O4/c18-10-2-8-17(13-3-1-4-13)15(21)16-9-7-12(11-16)5-6-14(19)20/h12-13,18H,1-11H2,(H,19,20). The fourth-order valence-corrected chi connectivity index (χ4v) is 3.13. The topological polar surface area (TPSA) is 81.1 Å². The lowest BCUT2D eigenvalue weighted by Crippen LogP contribution is -2.50. The molecule has 6 nitrogen and oxygen atoms in total. The molecule has 1 heterocycles. The molecule has 0 aromatic rings. The quantitative estimate of drug-likeness (QED) is 0.747. The van der Waals surface area contributed by atoms with Crippen molar-refractivity contribution in [3.8, 4) is 0 Å². The van der Waals surface area contributed by atoms with Gasteiger partial charge in [0.15, 0.2) is 0 Å². The van der Waals surface area contributed by atoms with Crippen molar-refractivity contribution in [3.05, 3.63) is 0 Å². The Bertz CT molecular complexity index is 371. The van der Waals surface area contributed by atoms with E-state index in [4.69, 9.17) is 10.2 Å². The molecule has 2 amide bonds. The number of carboxylic acids is 1. The van der Waals surface area contributed by atoms with Crippen LogP contribution in [0.2, 0.25) is 0 Å². The summed E-state index contributed by atoms with van der Waals surface area (Å²) in [4.78, 5) is 27.0. The highest BCUT2D eigenvalue weighted by Crippen LogP contribution is 2.28. The predicted molar refractivity (Wildman–Crippen MR) is 78.0 cm³/mol. The van der Waals surface area contributed by atoms with Crippen LogP contribution in [-0.2, 0) is 4.79 Å². The lowest BCUT2D eigenvalue weighted by Gasteiger charge is -2.39. The van der Waals surface area contributed by atoms with Gasteiger partial charge in [0.05, 0.1) is 0 Å². The van der Waals surface area contributed by atoms with Crippen molar-refractivity contribution in [2.45, 2.75) is 51.0 Å². The predicted octanol–water partition coefficient (Wildman–Crippen LogP) is 1.53. The molecule has 1 aliphatic carbocycles. The van der Waals surface area contributed by atoms with Gasteiger partial charge in [-0.1, -0.05) is 0 Å². The van der Waals surface area contributed by atoms with Gasteiger partial charge in [-0.3, -0.25) is 4.79 Å².